The maximum Gasteiger partial charge on any atom is 0.305 e. The maximum atomic E-state index is 12.6. The minimum Gasteiger partial charge on any atom is -0.466 e. The van der Waals surface area contributed by atoms with Crippen molar-refractivity contribution in [2.75, 3.05) is 13.2 Å². The first kappa shape index (κ1) is 86.3. The van der Waals surface area contributed by atoms with Crippen LogP contribution in [0.25, 0.3) is 0 Å². The summed E-state index contributed by atoms with van der Waals surface area (Å²) in [6.07, 6.45) is 100.0. The highest BCUT2D eigenvalue weighted by molar-refractivity contribution is 5.76. The number of unbranched alkanes of at least 4 members (excludes halogenated alkanes) is 62. The molecule has 0 bridgehead atoms. The Morgan fingerprint density at radius 1 is 0.318 bits per heavy atom. The lowest BCUT2D eigenvalue weighted by atomic mass is 10.0. The van der Waals surface area contributed by atoms with Gasteiger partial charge in [0.15, 0.2) is 0 Å². The van der Waals surface area contributed by atoms with Crippen molar-refractivity contribution in [2.24, 2.45) is 0 Å². The molecule has 0 heterocycles. The topological polar surface area (TPSA) is 95.9 Å². The Hall–Kier alpha value is -1.66. The van der Waals surface area contributed by atoms with Crippen LogP contribution in [0.1, 0.15) is 463 Å². The molecule has 88 heavy (non-hydrogen) atoms. The summed E-state index contributed by atoms with van der Waals surface area (Å²) in [6.45, 7) is 5.00. The number of ether oxygens (including phenoxy) is 1. The molecular weight excluding hydrogens is 1080 g/mol. The molecule has 0 aliphatic heterocycles. The molecule has 0 aliphatic carbocycles. The van der Waals surface area contributed by atoms with Crippen molar-refractivity contribution in [2.45, 2.75) is 475 Å². The lowest BCUT2D eigenvalue weighted by Gasteiger charge is -2.22. The van der Waals surface area contributed by atoms with Crippen molar-refractivity contribution < 1.29 is 24.5 Å². The molecule has 0 aliphatic rings. The molecule has 522 valence electrons. The smallest absolute Gasteiger partial charge is 0.305 e. The fourth-order valence-electron chi connectivity index (χ4n) is 13.1. The van der Waals surface area contributed by atoms with Gasteiger partial charge < -0.3 is 20.3 Å². The zero-order valence-electron chi connectivity index (χ0n) is 60.0. The molecule has 0 aromatic carbocycles. The Kier molecular flexibility index (Phi) is 76.3. The number of carbonyl (C=O) groups is 2. The third kappa shape index (κ3) is 73.4. The van der Waals surface area contributed by atoms with Crippen molar-refractivity contribution >= 4 is 11.9 Å². The number of hydrogen-bond acceptors (Lipinski definition) is 5. The summed E-state index contributed by atoms with van der Waals surface area (Å²) >= 11 is 0. The van der Waals surface area contributed by atoms with Crippen LogP contribution in [0.3, 0.4) is 0 Å². The Morgan fingerprint density at radius 2 is 0.568 bits per heavy atom. The normalized spacial score (nSPS) is 12.5. The standard InChI is InChI=1S/C82H159NO5/c1-3-5-7-9-11-13-15-16-17-18-19-20-36-39-42-45-48-51-55-58-62-66-70-74-80(85)79(78-84)83-81(86)75-71-67-63-59-56-52-49-46-43-40-37-34-32-30-28-26-24-22-21-23-25-27-29-31-33-35-38-41-44-47-50-53-57-61-65-69-73-77-88-82(87)76-72-68-64-60-54-14-12-10-8-6-4-2/h21,23,27,29,79-80,84-85H,3-20,22,24-26,28,30-78H2,1-2H3,(H,83,86)/b23-21-,29-27-. The van der Waals surface area contributed by atoms with Crippen LogP contribution in [-0.4, -0.2) is 47.4 Å². The maximum absolute atomic E-state index is 12.6. The highest BCUT2D eigenvalue weighted by atomic mass is 16.5. The minimum atomic E-state index is -0.664. The molecule has 0 rings (SSSR count). The van der Waals surface area contributed by atoms with Crippen LogP contribution in [0, 0.1) is 0 Å². The van der Waals surface area contributed by atoms with Crippen LogP contribution in [0.5, 0.6) is 0 Å². The van der Waals surface area contributed by atoms with Gasteiger partial charge in [-0.05, 0) is 57.8 Å². The van der Waals surface area contributed by atoms with Crippen molar-refractivity contribution in [3.63, 3.8) is 0 Å². The SMILES string of the molecule is CCCCCCCCCCCCCCCCCCCCCCCCCC(O)C(CO)NC(=O)CCCCCCCCCCCCCCCCCCC/C=C\C/C=C\CCCCCCCCCCCCCCCOC(=O)CCCCCCCCCCCCC. The van der Waals surface area contributed by atoms with E-state index in [9.17, 15) is 19.8 Å². The number of aliphatic hydroxyl groups is 2. The number of allylic oxidation sites excluding steroid dienone is 4. The van der Waals surface area contributed by atoms with Gasteiger partial charge in [0.25, 0.3) is 0 Å². The third-order valence-corrected chi connectivity index (χ3v) is 19.3. The second-order valence-electron chi connectivity index (χ2n) is 28.1. The average molecular weight is 1240 g/mol. The third-order valence-electron chi connectivity index (χ3n) is 19.3. The molecule has 1 amide bonds. The van der Waals surface area contributed by atoms with Gasteiger partial charge in [0, 0.05) is 12.8 Å². The van der Waals surface area contributed by atoms with Gasteiger partial charge in [-0.15, -0.1) is 0 Å². The molecule has 2 atom stereocenters. The second kappa shape index (κ2) is 77.8. The molecule has 0 fully saturated rings. The monoisotopic (exact) mass is 1240 g/mol. The number of esters is 1. The molecule has 2 unspecified atom stereocenters. The highest BCUT2D eigenvalue weighted by Crippen LogP contribution is 2.20. The quantitative estimate of drug-likeness (QED) is 0.0320. The van der Waals surface area contributed by atoms with Gasteiger partial charge in [-0.2, -0.15) is 0 Å². The lowest BCUT2D eigenvalue weighted by molar-refractivity contribution is -0.143. The van der Waals surface area contributed by atoms with Crippen LogP contribution in [0.15, 0.2) is 24.3 Å². The first-order valence-electron chi connectivity index (χ1n) is 40.6. The molecule has 3 N–H and O–H groups in total. The summed E-state index contributed by atoms with van der Waals surface area (Å²) in [6, 6.07) is -0.540. The van der Waals surface area contributed by atoms with Gasteiger partial charge in [0.1, 0.15) is 0 Å². The van der Waals surface area contributed by atoms with Crippen molar-refractivity contribution in [1.82, 2.24) is 5.32 Å². The number of hydrogen-bond donors (Lipinski definition) is 3. The predicted octanol–water partition coefficient (Wildman–Crippen LogP) is 26.8. The van der Waals surface area contributed by atoms with E-state index in [0.717, 1.165) is 44.9 Å². The molecule has 0 saturated carbocycles. The molecule has 6 nitrogen and oxygen atoms in total. The summed E-state index contributed by atoms with van der Waals surface area (Å²) in [4.78, 5) is 24.6. The van der Waals surface area contributed by atoms with Crippen molar-refractivity contribution in [3.05, 3.63) is 24.3 Å². The molecule has 0 aromatic heterocycles. The summed E-state index contributed by atoms with van der Waals surface area (Å²) in [5.74, 6) is -0.00707. The van der Waals surface area contributed by atoms with Gasteiger partial charge in [-0.25, -0.2) is 0 Å². The van der Waals surface area contributed by atoms with E-state index in [-0.39, 0.29) is 18.5 Å². The van der Waals surface area contributed by atoms with Crippen molar-refractivity contribution in [3.8, 4) is 0 Å². The van der Waals surface area contributed by atoms with Gasteiger partial charge in [0.05, 0.1) is 25.4 Å². The number of carbonyl (C=O) groups excluding carboxylic acids is 2. The molecule has 6 heteroatoms. The van der Waals surface area contributed by atoms with E-state index >= 15 is 0 Å². The first-order valence-corrected chi connectivity index (χ1v) is 40.6. The zero-order valence-corrected chi connectivity index (χ0v) is 60.0. The summed E-state index contributed by atoms with van der Waals surface area (Å²) in [5.41, 5.74) is 0. The fourth-order valence-corrected chi connectivity index (χ4v) is 13.1. The highest BCUT2D eigenvalue weighted by Gasteiger charge is 2.20. The van der Waals surface area contributed by atoms with Crippen LogP contribution in [0.2, 0.25) is 0 Å². The van der Waals surface area contributed by atoms with Crippen LogP contribution in [0.4, 0.5) is 0 Å². The molecule has 0 aromatic rings. The number of nitrogens with one attached hydrogen (secondary N) is 1. The van der Waals surface area contributed by atoms with E-state index < -0.39 is 12.1 Å². The van der Waals surface area contributed by atoms with E-state index in [1.165, 1.54) is 385 Å². The summed E-state index contributed by atoms with van der Waals surface area (Å²) in [7, 11) is 0. The van der Waals surface area contributed by atoms with Gasteiger partial charge in [0.2, 0.25) is 5.91 Å². The number of amides is 1. The van der Waals surface area contributed by atoms with E-state index in [0.29, 0.717) is 25.9 Å². The average Bonchev–Trinajstić information content (AvgIpc) is 3.55. The predicted molar refractivity (Wildman–Crippen MR) is 389 cm³/mol. The van der Waals surface area contributed by atoms with Gasteiger partial charge in [-0.1, -0.05) is 417 Å². The van der Waals surface area contributed by atoms with E-state index in [2.05, 4.69) is 43.5 Å². The number of rotatable bonds is 77. The lowest BCUT2D eigenvalue weighted by Crippen LogP contribution is -2.45. The molecule has 0 spiro atoms. The Morgan fingerprint density at radius 3 is 0.864 bits per heavy atom. The van der Waals surface area contributed by atoms with Crippen LogP contribution >= 0.6 is 0 Å². The summed E-state index contributed by atoms with van der Waals surface area (Å²) in [5, 5.41) is 23.5. The first-order chi connectivity index (χ1) is 43.5. The fraction of sp³-hybridized carbons (Fsp3) is 0.927. The summed E-state index contributed by atoms with van der Waals surface area (Å²) < 4.78 is 5.48. The Balaban J connectivity index is 3.36. The van der Waals surface area contributed by atoms with Gasteiger partial charge >= 0.3 is 5.97 Å². The minimum absolute atomic E-state index is 0.0193. The van der Waals surface area contributed by atoms with E-state index in [1.54, 1.807) is 0 Å². The Bertz CT molecular complexity index is 1380. The van der Waals surface area contributed by atoms with E-state index in [1.807, 2.05) is 0 Å². The van der Waals surface area contributed by atoms with Crippen molar-refractivity contribution in [1.29, 1.82) is 0 Å². The zero-order chi connectivity index (χ0) is 63.5. The number of aliphatic hydroxyl groups excluding tert-OH is 2. The van der Waals surface area contributed by atoms with Crippen LogP contribution in [-0.2, 0) is 14.3 Å². The largest absolute Gasteiger partial charge is 0.466 e. The van der Waals surface area contributed by atoms with E-state index in [4.69, 9.17) is 4.74 Å². The second-order valence-corrected chi connectivity index (χ2v) is 28.1. The molecular formula is C82H159NO5. The molecule has 0 radical (unpaired) electrons. The van der Waals surface area contributed by atoms with Gasteiger partial charge in [-0.3, -0.25) is 9.59 Å². The van der Waals surface area contributed by atoms with Crippen LogP contribution < -0.4 is 5.32 Å². The Labute approximate surface area is 551 Å². The molecule has 0 saturated heterocycles.